The van der Waals surface area contributed by atoms with Crippen molar-refractivity contribution in [2.24, 2.45) is 4.99 Å². The summed E-state index contributed by atoms with van der Waals surface area (Å²) in [6.45, 7) is 7.34. The predicted molar refractivity (Wildman–Crippen MR) is 132 cm³/mol. The number of rotatable bonds is 8. The number of benzene rings is 1. The maximum atomic E-state index is 12.2. The van der Waals surface area contributed by atoms with Crippen LogP contribution in [0.15, 0.2) is 35.3 Å². The van der Waals surface area contributed by atoms with E-state index in [1.165, 1.54) is 5.56 Å². The summed E-state index contributed by atoms with van der Waals surface area (Å²) in [5, 5.41) is 7.42. The van der Waals surface area contributed by atoms with E-state index in [4.69, 9.17) is 0 Å². The third-order valence-corrected chi connectivity index (χ3v) is 8.38. The molecule has 0 bridgehead atoms. The smallest absolute Gasteiger partial charge is 0.191 e. The molecule has 0 aromatic heterocycles. The van der Waals surface area contributed by atoms with Gasteiger partial charge in [0, 0.05) is 73.7 Å². The lowest BCUT2D eigenvalue weighted by Gasteiger charge is -2.40. The van der Waals surface area contributed by atoms with E-state index in [0.717, 1.165) is 76.5 Å². The number of nitrogens with zero attached hydrogens (tertiary/aromatic N) is 3. The summed E-state index contributed by atoms with van der Waals surface area (Å²) in [4.78, 5) is 9.48. The molecular weight excluding hydrogens is 406 g/mol. The molecule has 4 atom stereocenters. The zero-order valence-corrected chi connectivity index (χ0v) is 20.4. The van der Waals surface area contributed by atoms with Gasteiger partial charge in [0.1, 0.15) is 0 Å². The first-order valence-electron chi connectivity index (χ1n) is 11.9. The lowest BCUT2D eigenvalue weighted by atomic mass is 9.95. The number of piperazine rings is 1. The first-order valence-corrected chi connectivity index (χ1v) is 13.3. The summed E-state index contributed by atoms with van der Waals surface area (Å²) in [6, 6.07) is 11.7. The molecule has 4 unspecified atom stereocenters. The third kappa shape index (κ3) is 7.29. The minimum absolute atomic E-state index is 0.335. The van der Waals surface area contributed by atoms with Gasteiger partial charge < -0.3 is 15.5 Å². The highest BCUT2D eigenvalue weighted by molar-refractivity contribution is 7.85. The molecule has 0 amide bonds. The summed E-state index contributed by atoms with van der Waals surface area (Å²) in [6.07, 6.45) is 5.45. The molecule has 0 radical (unpaired) electrons. The number of guanidine groups is 1. The van der Waals surface area contributed by atoms with Crippen LogP contribution in [0.3, 0.4) is 0 Å². The number of aliphatic imine (C=N–C) groups is 1. The van der Waals surface area contributed by atoms with Crippen molar-refractivity contribution in [3.8, 4) is 0 Å². The molecule has 1 aromatic rings. The van der Waals surface area contributed by atoms with Gasteiger partial charge in [0.15, 0.2) is 5.96 Å². The second-order valence-electron chi connectivity index (χ2n) is 8.88. The standard InChI is InChI=1S/C24H41N5OS/c1-4-31(30)22-13-8-12-21(18-22)27-24(25-2)26-14-9-15-29-17-16-28(3)19-23(29)20-10-6-5-7-11-20/h5-7,10-11,21-23H,4,8-9,12-19H2,1-3H3,(H2,25,26,27). The van der Waals surface area contributed by atoms with Crippen molar-refractivity contribution in [2.45, 2.75) is 56.4 Å². The second-order valence-corrected chi connectivity index (χ2v) is 10.9. The lowest BCUT2D eigenvalue weighted by Crippen LogP contribution is -2.48. The average molecular weight is 448 g/mol. The van der Waals surface area contributed by atoms with Gasteiger partial charge in [-0.2, -0.15) is 0 Å². The molecule has 1 aliphatic heterocycles. The fourth-order valence-electron chi connectivity index (χ4n) is 4.84. The van der Waals surface area contributed by atoms with Gasteiger partial charge in [-0.05, 0) is 38.3 Å². The van der Waals surface area contributed by atoms with Gasteiger partial charge in [-0.1, -0.05) is 43.7 Å². The van der Waals surface area contributed by atoms with Gasteiger partial charge in [-0.3, -0.25) is 14.1 Å². The molecule has 2 aliphatic rings. The highest BCUT2D eigenvalue weighted by Gasteiger charge is 2.27. The van der Waals surface area contributed by atoms with Crippen molar-refractivity contribution in [1.29, 1.82) is 0 Å². The van der Waals surface area contributed by atoms with Crippen molar-refractivity contribution in [3.63, 3.8) is 0 Å². The highest BCUT2D eigenvalue weighted by atomic mass is 32.2. The quantitative estimate of drug-likeness (QED) is 0.364. The molecule has 2 fully saturated rings. The van der Waals surface area contributed by atoms with Gasteiger partial charge in [0.05, 0.1) is 0 Å². The molecule has 0 spiro atoms. The molecular formula is C24H41N5OS. The van der Waals surface area contributed by atoms with E-state index in [1.807, 2.05) is 14.0 Å². The number of hydrogen-bond donors (Lipinski definition) is 2. The molecule has 174 valence electrons. The van der Waals surface area contributed by atoms with E-state index in [0.29, 0.717) is 17.3 Å². The molecule has 1 saturated heterocycles. The Hall–Kier alpha value is -1.44. The van der Waals surface area contributed by atoms with E-state index >= 15 is 0 Å². The molecule has 1 aliphatic carbocycles. The van der Waals surface area contributed by atoms with Crippen LogP contribution in [0.1, 0.15) is 50.6 Å². The summed E-state index contributed by atoms with van der Waals surface area (Å²) in [7, 11) is 3.37. The summed E-state index contributed by atoms with van der Waals surface area (Å²) in [5.41, 5.74) is 1.41. The van der Waals surface area contributed by atoms with Crippen LogP contribution in [0.25, 0.3) is 0 Å². The van der Waals surface area contributed by atoms with Crippen LogP contribution < -0.4 is 10.6 Å². The molecule has 2 N–H and O–H groups in total. The molecule has 31 heavy (non-hydrogen) atoms. The highest BCUT2D eigenvalue weighted by Crippen LogP contribution is 2.25. The molecule has 1 aromatic carbocycles. The van der Waals surface area contributed by atoms with Crippen molar-refractivity contribution < 1.29 is 4.21 Å². The SMILES string of the molecule is CCS(=O)C1CCCC(NC(=NC)NCCCN2CCN(C)CC2c2ccccc2)C1. The van der Waals surface area contributed by atoms with Crippen molar-refractivity contribution >= 4 is 16.8 Å². The second kappa shape index (κ2) is 12.6. The van der Waals surface area contributed by atoms with Crippen LogP contribution in [0.2, 0.25) is 0 Å². The topological polar surface area (TPSA) is 60.0 Å². The van der Waals surface area contributed by atoms with E-state index in [1.54, 1.807) is 0 Å². The Kier molecular flexibility index (Phi) is 9.81. The van der Waals surface area contributed by atoms with E-state index in [-0.39, 0.29) is 0 Å². The molecule has 7 heteroatoms. The van der Waals surface area contributed by atoms with Crippen molar-refractivity contribution in [1.82, 2.24) is 20.4 Å². The van der Waals surface area contributed by atoms with Crippen LogP contribution in [0.5, 0.6) is 0 Å². The Bertz CT molecular complexity index is 713. The normalized spacial score (nSPS) is 27.1. The summed E-state index contributed by atoms with van der Waals surface area (Å²) < 4.78 is 12.2. The van der Waals surface area contributed by atoms with Gasteiger partial charge in [-0.15, -0.1) is 0 Å². The van der Waals surface area contributed by atoms with Gasteiger partial charge >= 0.3 is 0 Å². The van der Waals surface area contributed by atoms with Crippen molar-refractivity contribution in [2.75, 3.05) is 52.6 Å². The zero-order valence-electron chi connectivity index (χ0n) is 19.6. The first-order chi connectivity index (χ1) is 15.1. The predicted octanol–water partition coefficient (Wildman–Crippen LogP) is 2.61. The van der Waals surface area contributed by atoms with Crippen LogP contribution in [-0.4, -0.2) is 83.8 Å². The number of likely N-dealkylation sites (N-methyl/N-ethyl adjacent to an activating group) is 1. The Morgan fingerprint density at radius 3 is 2.77 bits per heavy atom. The maximum absolute atomic E-state index is 12.2. The molecule has 1 saturated carbocycles. The van der Waals surface area contributed by atoms with E-state index < -0.39 is 10.8 Å². The number of hydrogen-bond acceptors (Lipinski definition) is 4. The zero-order chi connectivity index (χ0) is 22.1. The third-order valence-electron chi connectivity index (χ3n) is 6.64. The van der Waals surface area contributed by atoms with E-state index in [9.17, 15) is 4.21 Å². The van der Waals surface area contributed by atoms with Gasteiger partial charge in [0.25, 0.3) is 0 Å². The monoisotopic (exact) mass is 447 g/mol. The summed E-state index contributed by atoms with van der Waals surface area (Å²) in [5.74, 6) is 1.64. The largest absolute Gasteiger partial charge is 0.356 e. The molecule has 3 rings (SSSR count). The van der Waals surface area contributed by atoms with Crippen LogP contribution in [0, 0.1) is 0 Å². The van der Waals surface area contributed by atoms with E-state index in [2.05, 4.69) is 62.8 Å². The Balaban J connectivity index is 1.43. The fraction of sp³-hybridized carbons (Fsp3) is 0.708. The minimum atomic E-state index is -0.692. The fourth-order valence-corrected chi connectivity index (χ4v) is 6.19. The number of nitrogens with one attached hydrogen (secondary N) is 2. The Labute approximate surface area is 191 Å². The van der Waals surface area contributed by atoms with Crippen molar-refractivity contribution in [3.05, 3.63) is 35.9 Å². The maximum Gasteiger partial charge on any atom is 0.191 e. The van der Waals surface area contributed by atoms with Gasteiger partial charge in [-0.25, -0.2) is 0 Å². The first kappa shape index (κ1) is 24.2. The lowest BCUT2D eigenvalue weighted by molar-refractivity contribution is 0.0891. The van der Waals surface area contributed by atoms with Crippen LogP contribution >= 0.6 is 0 Å². The Morgan fingerprint density at radius 2 is 2.03 bits per heavy atom. The minimum Gasteiger partial charge on any atom is -0.356 e. The van der Waals surface area contributed by atoms with Crippen LogP contribution in [0.4, 0.5) is 0 Å². The molecule has 1 heterocycles. The Morgan fingerprint density at radius 1 is 1.23 bits per heavy atom. The van der Waals surface area contributed by atoms with Gasteiger partial charge in [0.2, 0.25) is 0 Å². The summed E-state index contributed by atoms with van der Waals surface area (Å²) >= 11 is 0. The average Bonchev–Trinajstić information content (AvgIpc) is 2.81. The van der Waals surface area contributed by atoms with Crippen LogP contribution in [-0.2, 0) is 10.8 Å². The molecule has 6 nitrogen and oxygen atoms in total.